The lowest BCUT2D eigenvalue weighted by Crippen LogP contribution is -2.61. The smallest absolute Gasteiger partial charge is 0.251 e. The highest BCUT2D eigenvalue weighted by atomic mass is 32.1. The Morgan fingerprint density at radius 2 is 1.91 bits per heavy atom. The fourth-order valence-electron chi connectivity index (χ4n) is 4.01. The van der Waals surface area contributed by atoms with Crippen molar-refractivity contribution in [3.8, 4) is 5.75 Å². The number of ether oxygens (including phenoxy) is 1. The zero-order valence-electron chi connectivity index (χ0n) is 18.2. The van der Waals surface area contributed by atoms with Gasteiger partial charge in [0.15, 0.2) is 0 Å². The first-order chi connectivity index (χ1) is 15.4. The number of hydrogen-bond donors (Lipinski definition) is 2. The van der Waals surface area contributed by atoms with E-state index in [0.717, 1.165) is 22.8 Å². The zero-order chi connectivity index (χ0) is 23.0. The topological polar surface area (TPSA) is 56.3 Å². The normalized spacial score (nSPS) is 15.1. The lowest BCUT2D eigenvalue weighted by atomic mass is 9.69. The number of nitrogens with two attached hydrogens (primary N) is 1. The second-order valence-electron chi connectivity index (χ2n) is 8.07. The van der Waals surface area contributed by atoms with Gasteiger partial charge in [0.2, 0.25) is 0 Å². The van der Waals surface area contributed by atoms with Gasteiger partial charge >= 0.3 is 0 Å². The van der Waals surface area contributed by atoms with E-state index in [9.17, 15) is 8.78 Å². The number of likely N-dealkylation sites (tertiary alicyclic amines) is 1. The molecule has 0 amide bonds. The van der Waals surface area contributed by atoms with E-state index in [1.807, 2.05) is 59.1 Å². The minimum atomic E-state index is -2.30. The summed E-state index contributed by atoms with van der Waals surface area (Å²) in [6, 6.07) is 18.2. The van der Waals surface area contributed by atoms with Gasteiger partial charge in [-0.15, -0.1) is 12.6 Å². The molecular formula is C24H30F2N4OS. The summed E-state index contributed by atoms with van der Waals surface area (Å²) in [6.45, 7) is 2.02. The van der Waals surface area contributed by atoms with Crippen molar-refractivity contribution in [2.24, 2.45) is 12.8 Å². The Kier molecular flexibility index (Phi) is 8.67. The molecule has 172 valence electrons. The van der Waals surface area contributed by atoms with E-state index in [1.54, 1.807) is 6.33 Å². The number of aromatic nitrogens is 2. The van der Waals surface area contributed by atoms with Crippen LogP contribution in [0.3, 0.4) is 0 Å². The van der Waals surface area contributed by atoms with Crippen LogP contribution in [0.4, 0.5) is 8.78 Å². The molecule has 1 aromatic heterocycles. The number of hydrogen-bond acceptors (Lipinski definition) is 5. The molecule has 2 N–H and O–H groups in total. The summed E-state index contributed by atoms with van der Waals surface area (Å²) < 4.78 is 32.9. The molecule has 0 aliphatic carbocycles. The second-order valence-corrected chi connectivity index (χ2v) is 8.52. The van der Waals surface area contributed by atoms with Crippen molar-refractivity contribution in [3.63, 3.8) is 0 Å². The molecule has 1 aliphatic heterocycles. The number of nitrogens with zero attached hydrogens (tertiary/aromatic N) is 3. The van der Waals surface area contributed by atoms with Crippen LogP contribution in [0, 0.1) is 0 Å². The molecule has 8 heteroatoms. The van der Waals surface area contributed by atoms with Gasteiger partial charge in [-0.3, -0.25) is 4.90 Å². The molecule has 0 atom stereocenters. The number of halogens is 2. The van der Waals surface area contributed by atoms with E-state index in [1.165, 1.54) is 5.56 Å². The average molecular weight is 461 g/mol. The summed E-state index contributed by atoms with van der Waals surface area (Å²) >= 11 is 3.97. The molecule has 5 nitrogen and oxygen atoms in total. The third-order valence-electron chi connectivity index (χ3n) is 5.36. The minimum absolute atomic E-state index is 0.154. The molecule has 4 rings (SSSR count). The molecule has 0 radical (unpaired) electrons. The van der Waals surface area contributed by atoms with Crippen LogP contribution in [0.15, 0.2) is 72.1 Å². The molecule has 2 aromatic carbocycles. The maximum atomic E-state index is 12.7. The lowest BCUT2D eigenvalue weighted by Gasteiger charge is -2.51. The summed E-state index contributed by atoms with van der Waals surface area (Å²) in [7, 11) is 1.91. The number of thiol groups is 1. The van der Waals surface area contributed by atoms with Gasteiger partial charge in [0.05, 0.1) is 12.9 Å². The van der Waals surface area contributed by atoms with Crippen LogP contribution in [-0.2, 0) is 18.9 Å². The third-order valence-corrected chi connectivity index (χ3v) is 5.59. The van der Waals surface area contributed by atoms with Gasteiger partial charge in [0.1, 0.15) is 17.4 Å². The van der Waals surface area contributed by atoms with E-state index >= 15 is 0 Å². The fraction of sp³-hybridized carbons (Fsp3) is 0.375. The van der Waals surface area contributed by atoms with Crippen LogP contribution in [0.1, 0.15) is 11.1 Å². The zero-order valence-corrected chi connectivity index (χ0v) is 19.1. The van der Waals surface area contributed by atoms with Crippen LogP contribution >= 0.6 is 12.6 Å². The number of alkyl halides is 2. The first-order valence-electron chi connectivity index (χ1n) is 10.5. The number of rotatable bonds is 8. The Morgan fingerprint density at radius 1 is 1.16 bits per heavy atom. The monoisotopic (exact) mass is 460 g/mol. The van der Waals surface area contributed by atoms with E-state index in [-0.39, 0.29) is 12.0 Å². The Balaban J connectivity index is 0.000000352. The van der Waals surface area contributed by atoms with Crippen molar-refractivity contribution in [3.05, 3.63) is 78.2 Å². The number of aryl methyl sites for hydroxylation is 1. The standard InChI is InChI=1S/C20H24F2N2O.C4H6N2S/c21-19(22)13-24-14-20(15-24,12-16-5-2-1-3-6-16)17-7-4-8-18(11-17)25-10-9-23;1-6-2-4(7)5-3-6/h1-8,11,19H,9-10,12-15,23H2;2-3,7H,1H3. The average Bonchev–Trinajstić information content (AvgIpc) is 3.14. The van der Waals surface area contributed by atoms with E-state index in [4.69, 9.17) is 10.5 Å². The molecule has 0 bridgehead atoms. The number of imidazole rings is 1. The predicted octanol–water partition coefficient (Wildman–Crippen LogP) is 3.79. The van der Waals surface area contributed by atoms with E-state index in [2.05, 4.69) is 35.8 Å². The Labute approximate surface area is 193 Å². The van der Waals surface area contributed by atoms with Crippen molar-refractivity contribution in [1.29, 1.82) is 0 Å². The largest absolute Gasteiger partial charge is 0.492 e. The summed E-state index contributed by atoms with van der Waals surface area (Å²) in [5, 5.41) is 0.766. The molecule has 0 saturated carbocycles. The van der Waals surface area contributed by atoms with Gasteiger partial charge in [0.25, 0.3) is 6.43 Å². The van der Waals surface area contributed by atoms with Crippen LogP contribution in [0.2, 0.25) is 0 Å². The maximum absolute atomic E-state index is 12.7. The molecule has 1 saturated heterocycles. The van der Waals surface area contributed by atoms with E-state index in [0.29, 0.717) is 26.2 Å². The first kappa shape index (κ1) is 24.2. The molecule has 32 heavy (non-hydrogen) atoms. The van der Waals surface area contributed by atoms with Crippen molar-refractivity contribution in [2.75, 3.05) is 32.8 Å². The molecule has 1 fully saturated rings. The summed E-state index contributed by atoms with van der Waals surface area (Å²) in [4.78, 5) is 5.66. The highest BCUT2D eigenvalue weighted by molar-refractivity contribution is 7.80. The summed E-state index contributed by atoms with van der Waals surface area (Å²) in [5.74, 6) is 0.780. The maximum Gasteiger partial charge on any atom is 0.251 e. The van der Waals surface area contributed by atoms with Crippen molar-refractivity contribution >= 4 is 12.6 Å². The fourth-order valence-corrected chi connectivity index (χ4v) is 4.24. The molecule has 1 aliphatic rings. The van der Waals surface area contributed by atoms with Crippen molar-refractivity contribution in [1.82, 2.24) is 14.5 Å². The minimum Gasteiger partial charge on any atom is -0.492 e. The van der Waals surface area contributed by atoms with Gasteiger partial charge < -0.3 is 15.0 Å². The van der Waals surface area contributed by atoms with Gasteiger partial charge in [-0.2, -0.15) is 0 Å². The van der Waals surface area contributed by atoms with Crippen LogP contribution in [-0.4, -0.2) is 53.7 Å². The number of benzene rings is 2. The van der Waals surface area contributed by atoms with Gasteiger partial charge in [-0.05, 0) is 29.7 Å². The van der Waals surface area contributed by atoms with Crippen molar-refractivity contribution in [2.45, 2.75) is 23.3 Å². The lowest BCUT2D eigenvalue weighted by molar-refractivity contribution is 0.00610. The second kappa shape index (κ2) is 11.4. The first-order valence-corrected chi connectivity index (χ1v) is 11.0. The third kappa shape index (κ3) is 6.79. The van der Waals surface area contributed by atoms with Crippen LogP contribution < -0.4 is 10.5 Å². The summed E-state index contributed by atoms with van der Waals surface area (Å²) in [6.07, 6.45) is 2.08. The highest BCUT2D eigenvalue weighted by Gasteiger charge is 2.45. The highest BCUT2D eigenvalue weighted by Crippen LogP contribution is 2.39. The molecule has 0 spiro atoms. The molecular weight excluding hydrogens is 430 g/mol. The predicted molar refractivity (Wildman–Crippen MR) is 126 cm³/mol. The van der Waals surface area contributed by atoms with Gasteiger partial charge in [-0.1, -0.05) is 42.5 Å². The van der Waals surface area contributed by atoms with Gasteiger partial charge in [-0.25, -0.2) is 13.8 Å². The Morgan fingerprint density at radius 3 is 2.47 bits per heavy atom. The Hall–Kier alpha value is -2.42. The Bertz CT molecular complexity index is 945. The SMILES string of the molecule is Cn1cnc(S)c1.NCCOc1cccc(C2(Cc3ccccc3)CN(CC(F)F)C2)c1. The molecule has 3 aromatic rings. The van der Waals surface area contributed by atoms with Crippen LogP contribution in [0.25, 0.3) is 0 Å². The summed E-state index contributed by atoms with van der Waals surface area (Å²) in [5.41, 5.74) is 7.70. The van der Waals surface area contributed by atoms with Crippen molar-refractivity contribution < 1.29 is 13.5 Å². The molecule has 0 unspecified atom stereocenters. The van der Waals surface area contributed by atoms with Gasteiger partial charge in [0, 0.05) is 38.3 Å². The quantitative estimate of drug-likeness (QED) is 0.502. The molecule has 2 heterocycles. The van der Waals surface area contributed by atoms with E-state index < -0.39 is 6.43 Å². The van der Waals surface area contributed by atoms with Crippen LogP contribution in [0.5, 0.6) is 5.75 Å².